The van der Waals surface area contributed by atoms with Crippen LogP contribution in [0, 0.1) is 0 Å². The summed E-state index contributed by atoms with van der Waals surface area (Å²) in [6, 6.07) is 5.10. The molecule has 1 atom stereocenters. The lowest BCUT2D eigenvalue weighted by molar-refractivity contribution is 0.353. The largest absolute Gasteiger partial charge is 0.496 e. The number of nitrogens with zero attached hydrogens (tertiary/aromatic N) is 1. The van der Waals surface area contributed by atoms with E-state index in [1.807, 2.05) is 0 Å². The van der Waals surface area contributed by atoms with Gasteiger partial charge in [0.2, 0.25) is 0 Å². The Morgan fingerprint density at radius 1 is 1.35 bits per heavy atom. The van der Waals surface area contributed by atoms with Crippen LogP contribution >= 0.6 is 0 Å². The molecule has 1 heterocycles. The molecule has 0 radical (unpaired) electrons. The van der Waals surface area contributed by atoms with Gasteiger partial charge in [-0.2, -0.15) is 0 Å². The summed E-state index contributed by atoms with van der Waals surface area (Å²) in [6.45, 7) is 15.7. The van der Waals surface area contributed by atoms with Crippen LogP contribution in [-0.4, -0.2) is 25.2 Å². The van der Waals surface area contributed by atoms with E-state index in [1.54, 1.807) is 7.11 Å². The number of rotatable bonds is 6. The smallest absolute Gasteiger partial charge is 0.125 e. The zero-order valence-electron chi connectivity index (χ0n) is 16.0. The van der Waals surface area contributed by atoms with Crippen molar-refractivity contribution >= 4 is 5.69 Å². The molecule has 0 saturated carbocycles. The Kier molecular flexibility index (Phi) is 5.61. The topological polar surface area (TPSA) is 24.5 Å². The standard InChI is InChI=1S/C20H34N2O/c1-8-9-21-13-16-10-17-15(4)12-20(5,6)22(14(2)3)18(17)11-19(16)23-7/h10-11,14-15,21H,8-9,12-13H2,1-7H3/t15-/m0/s1. The van der Waals surface area contributed by atoms with E-state index in [9.17, 15) is 0 Å². The van der Waals surface area contributed by atoms with Crippen LogP contribution in [0.1, 0.15) is 71.4 Å². The highest BCUT2D eigenvalue weighted by Crippen LogP contribution is 2.46. The normalized spacial score (nSPS) is 19.8. The van der Waals surface area contributed by atoms with E-state index in [4.69, 9.17) is 4.74 Å². The first kappa shape index (κ1) is 18.1. The Morgan fingerprint density at radius 2 is 2.04 bits per heavy atom. The number of fused-ring (bicyclic) bond motifs is 1. The molecular formula is C20H34N2O. The van der Waals surface area contributed by atoms with Crippen molar-refractivity contribution in [2.75, 3.05) is 18.6 Å². The second-order valence-electron chi connectivity index (χ2n) is 7.78. The molecule has 1 aromatic carbocycles. The third-order valence-corrected chi connectivity index (χ3v) is 4.94. The first-order chi connectivity index (χ1) is 10.8. The van der Waals surface area contributed by atoms with Gasteiger partial charge in [0.1, 0.15) is 5.75 Å². The van der Waals surface area contributed by atoms with E-state index >= 15 is 0 Å². The van der Waals surface area contributed by atoms with Crippen molar-refractivity contribution in [1.82, 2.24) is 5.32 Å². The summed E-state index contributed by atoms with van der Waals surface area (Å²) in [4.78, 5) is 2.56. The monoisotopic (exact) mass is 318 g/mol. The third kappa shape index (κ3) is 3.65. The molecule has 0 aliphatic carbocycles. The highest BCUT2D eigenvalue weighted by atomic mass is 16.5. The number of hydrogen-bond donors (Lipinski definition) is 1. The van der Waals surface area contributed by atoms with Crippen LogP contribution in [0.2, 0.25) is 0 Å². The van der Waals surface area contributed by atoms with Crippen molar-refractivity contribution in [3.8, 4) is 5.75 Å². The molecule has 0 fully saturated rings. The quantitative estimate of drug-likeness (QED) is 0.770. The second-order valence-corrected chi connectivity index (χ2v) is 7.78. The Hall–Kier alpha value is -1.22. The molecule has 0 aromatic heterocycles. The fourth-order valence-corrected chi connectivity index (χ4v) is 4.23. The van der Waals surface area contributed by atoms with Gasteiger partial charge in [0.15, 0.2) is 0 Å². The highest BCUT2D eigenvalue weighted by molar-refractivity contribution is 5.65. The molecule has 0 saturated heterocycles. The van der Waals surface area contributed by atoms with Crippen molar-refractivity contribution in [3.63, 3.8) is 0 Å². The molecule has 130 valence electrons. The zero-order chi connectivity index (χ0) is 17.2. The molecule has 2 rings (SSSR count). The molecule has 23 heavy (non-hydrogen) atoms. The molecule has 3 heteroatoms. The molecule has 0 bridgehead atoms. The Bertz CT molecular complexity index is 537. The highest BCUT2D eigenvalue weighted by Gasteiger charge is 2.38. The van der Waals surface area contributed by atoms with E-state index in [-0.39, 0.29) is 5.54 Å². The maximum absolute atomic E-state index is 5.71. The Morgan fingerprint density at radius 3 is 2.61 bits per heavy atom. The van der Waals surface area contributed by atoms with Crippen molar-refractivity contribution in [2.45, 2.75) is 78.4 Å². The molecule has 1 aromatic rings. The maximum Gasteiger partial charge on any atom is 0.125 e. The summed E-state index contributed by atoms with van der Waals surface area (Å²) >= 11 is 0. The number of benzene rings is 1. The molecule has 3 nitrogen and oxygen atoms in total. The number of anilines is 1. The SMILES string of the molecule is CCCNCc1cc2c(cc1OC)N(C(C)C)C(C)(C)C[C@@H]2C. The van der Waals surface area contributed by atoms with Gasteiger partial charge in [-0.15, -0.1) is 0 Å². The first-order valence-electron chi connectivity index (χ1n) is 9.02. The van der Waals surface area contributed by atoms with Gasteiger partial charge >= 0.3 is 0 Å². The van der Waals surface area contributed by atoms with E-state index in [0.717, 1.165) is 25.3 Å². The minimum absolute atomic E-state index is 0.174. The van der Waals surface area contributed by atoms with Gasteiger partial charge < -0.3 is 15.0 Å². The molecule has 1 aliphatic rings. The molecular weight excluding hydrogens is 284 g/mol. The summed E-state index contributed by atoms with van der Waals surface area (Å²) in [6.07, 6.45) is 2.34. The average Bonchev–Trinajstić information content (AvgIpc) is 2.46. The Labute approximate surface area is 142 Å². The van der Waals surface area contributed by atoms with Crippen molar-refractivity contribution in [2.24, 2.45) is 0 Å². The van der Waals surface area contributed by atoms with E-state index in [1.165, 1.54) is 23.2 Å². The summed E-state index contributed by atoms with van der Waals surface area (Å²) in [5, 5.41) is 3.50. The number of methoxy groups -OCH3 is 1. The third-order valence-electron chi connectivity index (χ3n) is 4.94. The van der Waals surface area contributed by atoms with Crippen molar-refractivity contribution in [1.29, 1.82) is 0 Å². The van der Waals surface area contributed by atoms with Gasteiger partial charge in [-0.1, -0.05) is 13.8 Å². The van der Waals surface area contributed by atoms with E-state index < -0.39 is 0 Å². The van der Waals surface area contributed by atoms with Crippen LogP contribution in [0.5, 0.6) is 5.75 Å². The van der Waals surface area contributed by atoms with Crippen molar-refractivity contribution in [3.05, 3.63) is 23.3 Å². The summed E-state index contributed by atoms with van der Waals surface area (Å²) in [5.74, 6) is 1.58. The molecule has 0 spiro atoms. The summed E-state index contributed by atoms with van der Waals surface area (Å²) < 4.78 is 5.71. The summed E-state index contributed by atoms with van der Waals surface area (Å²) in [7, 11) is 1.78. The van der Waals surface area contributed by atoms with Gasteiger partial charge in [0.25, 0.3) is 0 Å². The average molecular weight is 319 g/mol. The van der Waals surface area contributed by atoms with Crippen LogP contribution in [0.3, 0.4) is 0 Å². The van der Waals surface area contributed by atoms with Crippen LogP contribution < -0.4 is 15.0 Å². The number of hydrogen-bond acceptors (Lipinski definition) is 3. The van der Waals surface area contributed by atoms with Crippen LogP contribution in [0.4, 0.5) is 5.69 Å². The maximum atomic E-state index is 5.71. The minimum Gasteiger partial charge on any atom is -0.496 e. The van der Waals surface area contributed by atoms with Gasteiger partial charge in [0.05, 0.1) is 7.11 Å². The first-order valence-corrected chi connectivity index (χ1v) is 9.02. The van der Waals surface area contributed by atoms with Crippen LogP contribution in [0.25, 0.3) is 0 Å². The van der Waals surface area contributed by atoms with Crippen LogP contribution in [-0.2, 0) is 6.54 Å². The number of ether oxygens (including phenoxy) is 1. The predicted octanol–water partition coefficient (Wildman–Crippen LogP) is 4.70. The minimum atomic E-state index is 0.174. The molecule has 1 N–H and O–H groups in total. The molecule has 1 aliphatic heterocycles. The molecule has 0 unspecified atom stereocenters. The lowest BCUT2D eigenvalue weighted by Crippen LogP contribution is -2.51. The van der Waals surface area contributed by atoms with Gasteiger partial charge in [-0.25, -0.2) is 0 Å². The predicted molar refractivity (Wildman–Crippen MR) is 99.7 cm³/mol. The zero-order valence-corrected chi connectivity index (χ0v) is 16.0. The lowest BCUT2D eigenvalue weighted by Gasteiger charge is -2.50. The van der Waals surface area contributed by atoms with Gasteiger partial charge in [-0.05, 0) is 64.6 Å². The van der Waals surface area contributed by atoms with Crippen LogP contribution in [0.15, 0.2) is 12.1 Å². The Balaban J connectivity index is 2.47. The van der Waals surface area contributed by atoms with Crippen molar-refractivity contribution < 1.29 is 4.74 Å². The van der Waals surface area contributed by atoms with Gasteiger partial charge in [0, 0.05) is 35.4 Å². The number of nitrogens with one attached hydrogen (secondary N) is 1. The second kappa shape index (κ2) is 7.12. The van der Waals surface area contributed by atoms with E-state index in [2.05, 4.69) is 63.9 Å². The summed E-state index contributed by atoms with van der Waals surface area (Å²) in [5.41, 5.74) is 4.26. The van der Waals surface area contributed by atoms with E-state index in [0.29, 0.717) is 12.0 Å². The fraction of sp³-hybridized carbons (Fsp3) is 0.700. The molecule has 0 amide bonds. The fourth-order valence-electron chi connectivity index (χ4n) is 4.23. The lowest BCUT2D eigenvalue weighted by atomic mass is 9.78. The van der Waals surface area contributed by atoms with Gasteiger partial charge in [-0.3, -0.25) is 0 Å².